The molecule has 0 fully saturated rings. The van der Waals surface area contributed by atoms with E-state index in [-0.39, 0.29) is 11.8 Å². The molecular weight excluding hydrogens is 406 g/mol. The third-order valence-electron chi connectivity index (χ3n) is 4.22. The molecule has 3 aromatic rings. The Labute approximate surface area is 166 Å². The highest BCUT2D eigenvalue weighted by atomic mass is 79.9. The van der Waals surface area contributed by atoms with E-state index in [1.807, 2.05) is 48.7 Å². The summed E-state index contributed by atoms with van der Waals surface area (Å²) in [7, 11) is 0. The van der Waals surface area contributed by atoms with Crippen LogP contribution in [0.25, 0.3) is 11.1 Å². The zero-order valence-electron chi connectivity index (χ0n) is 14.9. The second-order valence-corrected chi connectivity index (χ2v) is 6.99. The summed E-state index contributed by atoms with van der Waals surface area (Å²) in [5.41, 5.74) is 10.2. The minimum atomic E-state index is -0.352. The Hall–Kier alpha value is -2.86. The van der Waals surface area contributed by atoms with E-state index in [9.17, 15) is 4.79 Å². The van der Waals surface area contributed by atoms with Gasteiger partial charge in [-0.3, -0.25) is 5.41 Å². The average Bonchev–Trinajstić information content (AvgIpc) is 3.06. The third-order valence-corrected chi connectivity index (χ3v) is 4.74. The summed E-state index contributed by atoms with van der Waals surface area (Å²) in [4.78, 5) is 15.9. The largest absolute Gasteiger partial charge is 0.462 e. The predicted octanol–water partition coefficient (Wildman–Crippen LogP) is 4.50. The molecule has 27 heavy (non-hydrogen) atoms. The lowest BCUT2D eigenvalue weighted by Crippen LogP contribution is -2.11. The highest BCUT2D eigenvalue weighted by Crippen LogP contribution is 2.29. The number of aromatic nitrogens is 1. The minimum absolute atomic E-state index is 0.0181. The van der Waals surface area contributed by atoms with Crippen molar-refractivity contribution in [2.45, 2.75) is 13.3 Å². The Balaban J connectivity index is 2.02. The van der Waals surface area contributed by atoms with Gasteiger partial charge in [-0.25, -0.2) is 4.79 Å². The van der Waals surface area contributed by atoms with Gasteiger partial charge in [0.1, 0.15) is 5.84 Å². The number of rotatable bonds is 6. The molecule has 0 saturated heterocycles. The van der Waals surface area contributed by atoms with Crippen LogP contribution in [0.1, 0.15) is 34.1 Å². The molecule has 0 spiro atoms. The maximum atomic E-state index is 12.6. The molecule has 5 nitrogen and oxygen atoms in total. The molecule has 0 atom stereocenters. The molecule has 0 aliphatic heterocycles. The van der Waals surface area contributed by atoms with Crippen LogP contribution in [-0.4, -0.2) is 23.4 Å². The monoisotopic (exact) mass is 425 g/mol. The number of ether oxygens (including phenoxy) is 1. The van der Waals surface area contributed by atoms with Crippen LogP contribution in [0.15, 0.2) is 59.2 Å². The van der Waals surface area contributed by atoms with Gasteiger partial charge in [0, 0.05) is 33.9 Å². The summed E-state index contributed by atoms with van der Waals surface area (Å²) < 4.78 is 6.26. The number of amidine groups is 1. The number of hydrogen-bond acceptors (Lipinski definition) is 3. The first kappa shape index (κ1) is 18.9. The molecule has 0 radical (unpaired) electrons. The van der Waals surface area contributed by atoms with Crippen LogP contribution in [0.3, 0.4) is 0 Å². The molecule has 0 aliphatic carbocycles. The van der Waals surface area contributed by atoms with Crippen molar-refractivity contribution in [2.24, 2.45) is 5.73 Å². The van der Waals surface area contributed by atoms with Crippen molar-refractivity contribution in [3.8, 4) is 11.1 Å². The van der Waals surface area contributed by atoms with Crippen LogP contribution in [0.4, 0.5) is 0 Å². The Bertz CT molecular complexity index is 977. The number of nitrogens with two attached hydrogens (primary N) is 1. The molecule has 0 saturated carbocycles. The van der Waals surface area contributed by atoms with Gasteiger partial charge in [0.15, 0.2) is 0 Å². The Morgan fingerprint density at radius 1 is 1.22 bits per heavy atom. The van der Waals surface area contributed by atoms with E-state index in [2.05, 4.69) is 20.9 Å². The van der Waals surface area contributed by atoms with Crippen molar-refractivity contribution in [1.29, 1.82) is 5.41 Å². The van der Waals surface area contributed by atoms with Crippen molar-refractivity contribution in [2.75, 3.05) is 6.61 Å². The molecule has 138 valence electrons. The Morgan fingerprint density at radius 2 is 1.96 bits per heavy atom. The second kappa shape index (κ2) is 8.22. The van der Waals surface area contributed by atoms with Gasteiger partial charge >= 0.3 is 5.97 Å². The lowest BCUT2D eigenvalue weighted by Gasteiger charge is -2.09. The smallest absolute Gasteiger partial charge is 0.340 e. The van der Waals surface area contributed by atoms with E-state index in [0.29, 0.717) is 24.2 Å². The first-order valence-electron chi connectivity index (χ1n) is 8.56. The minimum Gasteiger partial charge on any atom is -0.462 e. The van der Waals surface area contributed by atoms with Gasteiger partial charge in [-0.15, -0.1) is 0 Å². The Morgan fingerprint density at radius 3 is 2.63 bits per heavy atom. The summed E-state index contributed by atoms with van der Waals surface area (Å²) >= 11 is 3.43. The number of nitrogens with one attached hydrogen (secondary N) is 2. The first-order chi connectivity index (χ1) is 13.0. The fourth-order valence-corrected chi connectivity index (χ4v) is 3.22. The standard InChI is InChI=1S/C21H20BrN3O2/c1-2-27-21(26)19-17(14-6-8-16(22)9-7-14)12-25-18(19)11-13-4-3-5-15(10-13)20(23)24/h3-10,12,25H,2,11H2,1H3,(H3,23,24). The number of carbonyl (C=O) groups is 1. The number of benzene rings is 2. The highest BCUT2D eigenvalue weighted by molar-refractivity contribution is 9.10. The SMILES string of the molecule is CCOC(=O)c1c(-c2ccc(Br)cc2)c[nH]c1Cc1cccc(C(=N)N)c1. The first-order valence-corrected chi connectivity index (χ1v) is 9.35. The maximum Gasteiger partial charge on any atom is 0.340 e. The van der Waals surface area contributed by atoms with E-state index in [4.69, 9.17) is 15.9 Å². The van der Waals surface area contributed by atoms with Gasteiger partial charge in [0.25, 0.3) is 0 Å². The summed E-state index contributed by atoms with van der Waals surface area (Å²) in [6, 6.07) is 15.2. The number of halogens is 1. The topological polar surface area (TPSA) is 92.0 Å². The summed E-state index contributed by atoms with van der Waals surface area (Å²) in [5, 5.41) is 7.60. The number of esters is 1. The van der Waals surface area contributed by atoms with Crippen LogP contribution in [-0.2, 0) is 11.2 Å². The van der Waals surface area contributed by atoms with Gasteiger partial charge in [-0.2, -0.15) is 0 Å². The molecule has 1 heterocycles. The van der Waals surface area contributed by atoms with Gasteiger partial charge in [-0.1, -0.05) is 46.3 Å². The quantitative estimate of drug-likeness (QED) is 0.308. The third kappa shape index (κ3) is 4.28. The van der Waals surface area contributed by atoms with E-state index < -0.39 is 0 Å². The predicted molar refractivity (Wildman–Crippen MR) is 110 cm³/mol. The van der Waals surface area contributed by atoms with Crippen LogP contribution in [0.5, 0.6) is 0 Å². The molecule has 6 heteroatoms. The van der Waals surface area contributed by atoms with E-state index in [1.54, 1.807) is 13.0 Å². The maximum absolute atomic E-state index is 12.6. The lowest BCUT2D eigenvalue weighted by molar-refractivity contribution is 0.0526. The van der Waals surface area contributed by atoms with Crippen LogP contribution in [0, 0.1) is 5.41 Å². The molecule has 0 bridgehead atoms. The van der Waals surface area contributed by atoms with Crippen LogP contribution >= 0.6 is 15.9 Å². The molecule has 0 amide bonds. The number of carbonyl (C=O) groups excluding carboxylic acids is 1. The average molecular weight is 426 g/mol. The van der Waals surface area contributed by atoms with Gasteiger partial charge in [-0.05, 0) is 36.2 Å². The molecule has 1 aromatic heterocycles. The highest BCUT2D eigenvalue weighted by Gasteiger charge is 2.21. The molecule has 3 rings (SSSR count). The fraction of sp³-hybridized carbons (Fsp3) is 0.143. The zero-order chi connectivity index (χ0) is 19.4. The van der Waals surface area contributed by atoms with Crippen LogP contribution in [0.2, 0.25) is 0 Å². The van der Waals surface area contributed by atoms with Crippen molar-refractivity contribution >= 4 is 27.7 Å². The van der Waals surface area contributed by atoms with E-state index >= 15 is 0 Å². The Kier molecular flexibility index (Phi) is 5.76. The van der Waals surface area contributed by atoms with Crippen molar-refractivity contribution < 1.29 is 9.53 Å². The molecular formula is C21H20BrN3O2. The van der Waals surface area contributed by atoms with Crippen molar-refractivity contribution in [3.63, 3.8) is 0 Å². The molecule has 0 aliphatic rings. The second-order valence-electron chi connectivity index (χ2n) is 6.07. The van der Waals surface area contributed by atoms with Gasteiger partial charge in [0.2, 0.25) is 0 Å². The number of H-pyrrole nitrogens is 1. The zero-order valence-corrected chi connectivity index (χ0v) is 16.5. The van der Waals surface area contributed by atoms with Crippen molar-refractivity contribution in [1.82, 2.24) is 4.98 Å². The number of aromatic amines is 1. The number of hydrogen-bond donors (Lipinski definition) is 3. The summed E-state index contributed by atoms with van der Waals surface area (Å²) in [5.74, 6) is -0.334. The van der Waals surface area contributed by atoms with E-state index in [0.717, 1.165) is 26.9 Å². The molecule has 0 unspecified atom stereocenters. The lowest BCUT2D eigenvalue weighted by atomic mass is 9.99. The van der Waals surface area contributed by atoms with Gasteiger partial charge < -0.3 is 15.5 Å². The number of nitrogen functional groups attached to an aromatic ring is 1. The molecule has 4 N–H and O–H groups in total. The summed E-state index contributed by atoms with van der Waals surface area (Å²) in [6.07, 6.45) is 2.34. The van der Waals surface area contributed by atoms with E-state index in [1.165, 1.54) is 0 Å². The normalized spacial score (nSPS) is 10.6. The fourth-order valence-electron chi connectivity index (χ4n) is 2.95. The van der Waals surface area contributed by atoms with Crippen molar-refractivity contribution in [3.05, 3.63) is 81.6 Å². The molecule has 2 aromatic carbocycles. The van der Waals surface area contributed by atoms with Gasteiger partial charge in [0.05, 0.1) is 12.2 Å². The summed E-state index contributed by atoms with van der Waals surface area (Å²) in [6.45, 7) is 2.10. The van der Waals surface area contributed by atoms with Crippen LogP contribution < -0.4 is 5.73 Å².